The Morgan fingerprint density at radius 1 is 1.20 bits per heavy atom. The van der Waals surface area contributed by atoms with Gasteiger partial charge in [-0.3, -0.25) is 0 Å². The van der Waals surface area contributed by atoms with E-state index in [1.54, 1.807) is 0 Å². The van der Waals surface area contributed by atoms with Crippen LogP contribution in [0.2, 0.25) is 0 Å². The van der Waals surface area contributed by atoms with Gasteiger partial charge in [-0.2, -0.15) is 0 Å². The minimum atomic E-state index is 0.139. The zero-order valence-electron chi connectivity index (χ0n) is 12.8. The molecule has 1 aromatic carbocycles. The number of fused-ring (bicyclic) bond motifs is 1. The average molecular weight is 278 g/mol. The smallest absolute Gasteiger partial charge is 0.161 e. The first-order valence-corrected chi connectivity index (χ1v) is 7.27. The zero-order chi connectivity index (χ0) is 14.6. The molecular weight excluding hydrogens is 252 g/mol. The lowest BCUT2D eigenvalue weighted by molar-refractivity contribution is 0.209. The highest BCUT2D eigenvalue weighted by atomic mass is 16.5. The van der Waals surface area contributed by atoms with Crippen LogP contribution < -0.4 is 15.2 Å². The van der Waals surface area contributed by atoms with Gasteiger partial charge in [0.1, 0.15) is 0 Å². The van der Waals surface area contributed by atoms with Crippen LogP contribution in [0.5, 0.6) is 11.5 Å². The van der Waals surface area contributed by atoms with E-state index in [0.717, 1.165) is 44.2 Å². The summed E-state index contributed by atoms with van der Waals surface area (Å²) in [4.78, 5) is 2.30. The zero-order valence-corrected chi connectivity index (χ0v) is 12.8. The molecule has 4 heteroatoms. The Labute approximate surface area is 121 Å². The Morgan fingerprint density at radius 2 is 1.90 bits per heavy atom. The summed E-state index contributed by atoms with van der Waals surface area (Å²) in [6.45, 7) is 8.40. The van der Waals surface area contributed by atoms with Crippen LogP contribution in [0.1, 0.15) is 25.8 Å². The molecule has 1 aliphatic rings. The molecule has 20 heavy (non-hydrogen) atoms. The second-order valence-corrected chi connectivity index (χ2v) is 6.37. The fourth-order valence-corrected chi connectivity index (χ4v) is 2.47. The maximum absolute atomic E-state index is 5.79. The molecule has 0 bridgehead atoms. The van der Waals surface area contributed by atoms with Gasteiger partial charge in [0.25, 0.3) is 0 Å². The summed E-state index contributed by atoms with van der Waals surface area (Å²) >= 11 is 0. The molecule has 112 valence electrons. The monoisotopic (exact) mass is 278 g/mol. The molecule has 0 fully saturated rings. The van der Waals surface area contributed by atoms with E-state index in [9.17, 15) is 0 Å². The van der Waals surface area contributed by atoms with Crippen molar-refractivity contribution in [2.75, 3.05) is 33.4 Å². The van der Waals surface area contributed by atoms with Gasteiger partial charge < -0.3 is 20.1 Å². The van der Waals surface area contributed by atoms with Crippen LogP contribution in [0.4, 0.5) is 0 Å². The van der Waals surface area contributed by atoms with E-state index in [2.05, 4.69) is 37.9 Å². The van der Waals surface area contributed by atoms with Gasteiger partial charge in [-0.15, -0.1) is 0 Å². The molecule has 1 aliphatic heterocycles. The molecular formula is C16H26N2O2. The van der Waals surface area contributed by atoms with Crippen molar-refractivity contribution in [2.45, 2.75) is 26.8 Å². The second-order valence-electron chi connectivity index (χ2n) is 6.37. The van der Waals surface area contributed by atoms with Gasteiger partial charge >= 0.3 is 0 Å². The van der Waals surface area contributed by atoms with Gasteiger partial charge in [0.15, 0.2) is 11.5 Å². The van der Waals surface area contributed by atoms with Crippen LogP contribution in [-0.2, 0) is 6.54 Å². The highest BCUT2D eigenvalue weighted by Gasteiger charge is 2.18. The van der Waals surface area contributed by atoms with Gasteiger partial charge in [0.2, 0.25) is 0 Å². The number of nitrogens with two attached hydrogens (primary N) is 1. The van der Waals surface area contributed by atoms with Crippen LogP contribution in [0.15, 0.2) is 18.2 Å². The van der Waals surface area contributed by atoms with Crippen LogP contribution in [0.25, 0.3) is 0 Å². The largest absolute Gasteiger partial charge is 0.490 e. The summed E-state index contributed by atoms with van der Waals surface area (Å²) < 4.78 is 11.4. The second kappa shape index (κ2) is 6.46. The topological polar surface area (TPSA) is 47.7 Å². The number of benzene rings is 1. The van der Waals surface area contributed by atoms with Gasteiger partial charge in [-0.1, -0.05) is 19.9 Å². The molecule has 0 spiro atoms. The molecule has 1 heterocycles. The van der Waals surface area contributed by atoms with Crippen molar-refractivity contribution in [3.63, 3.8) is 0 Å². The Balaban J connectivity index is 2.01. The Kier molecular flexibility index (Phi) is 4.89. The molecule has 0 saturated heterocycles. The van der Waals surface area contributed by atoms with E-state index in [-0.39, 0.29) is 5.41 Å². The van der Waals surface area contributed by atoms with Gasteiger partial charge in [0.05, 0.1) is 13.2 Å². The van der Waals surface area contributed by atoms with Crippen molar-refractivity contribution < 1.29 is 9.47 Å². The Hall–Kier alpha value is -1.26. The SMILES string of the molecule is CN(Cc1ccc2c(c1)OCCCO2)CC(C)(C)CN. The van der Waals surface area contributed by atoms with Gasteiger partial charge in [-0.25, -0.2) is 0 Å². The fourth-order valence-electron chi connectivity index (χ4n) is 2.47. The van der Waals surface area contributed by atoms with Crippen LogP contribution in [0, 0.1) is 5.41 Å². The summed E-state index contributed by atoms with van der Waals surface area (Å²) in [6, 6.07) is 6.21. The molecule has 0 saturated carbocycles. The quantitative estimate of drug-likeness (QED) is 0.897. The van der Waals surface area contributed by atoms with Crippen LogP contribution in [0.3, 0.4) is 0 Å². The summed E-state index contributed by atoms with van der Waals surface area (Å²) in [5.41, 5.74) is 7.17. The number of nitrogens with zero attached hydrogens (tertiary/aromatic N) is 1. The number of hydrogen-bond donors (Lipinski definition) is 1. The predicted molar refractivity (Wildman–Crippen MR) is 81.2 cm³/mol. The third-order valence-electron chi connectivity index (χ3n) is 3.51. The number of ether oxygens (including phenoxy) is 2. The first kappa shape index (κ1) is 15.1. The fraction of sp³-hybridized carbons (Fsp3) is 0.625. The molecule has 2 N–H and O–H groups in total. The van der Waals surface area contributed by atoms with Crippen molar-refractivity contribution in [1.29, 1.82) is 0 Å². The molecule has 4 nitrogen and oxygen atoms in total. The molecule has 0 radical (unpaired) electrons. The minimum absolute atomic E-state index is 0.139. The normalized spacial score (nSPS) is 15.2. The number of rotatable bonds is 5. The average Bonchev–Trinajstić information content (AvgIpc) is 2.62. The lowest BCUT2D eigenvalue weighted by atomic mass is 9.93. The van der Waals surface area contributed by atoms with Crippen LogP contribution in [-0.4, -0.2) is 38.3 Å². The molecule has 0 aliphatic carbocycles. The van der Waals surface area contributed by atoms with Crippen molar-refractivity contribution in [3.8, 4) is 11.5 Å². The van der Waals surface area contributed by atoms with Crippen LogP contribution >= 0.6 is 0 Å². The summed E-state index contributed by atoms with van der Waals surface area (Å²) in [5, 5.41) is 0. The lowest BCUT2D eigenvalue weighted by Crippen LogP contribution is -2.36. The molecule has 0 atom stereocenters. The molecule has 1 aromatic rings. The third-order valence-corrected chi connectivity index (χ3v) is 3.51. The van der Waals surface area contributed by atoms with Gasteiger partial charge in [-0.05, 0) is 36.7 Å². The molecule has 0 amide bonds. The summed E-state index contributed by atoms with van der Waals surface area (Å²) in [6.07, 6.45) is 0.939. The maximum Gasteiger partial charge on any atom is 0.161 e. The summed E-state index contributed by atoms with van der Waals surface area (Å²) in [7, 11) is 2.13. The van der Waals surface area contributed by atoms with Crippen molar-refractivity contribution >= 4 is 0 Å². The van der Waals surface area contributed by atoms with E-state index in [1.165, 1.54) is 5.56 Å². The van der Waals surface area contributed by atoms with E-state index in [4.69, 9.17) is 15.2 Å². The molecule has 2 rings (SSSR count). The third kappa shape index (κ3) is 4.12. The highest BCUT2D eigenvalue weighted by Crippen LogP contribution is 2.30. The van der Waals surface area contributed by atoms with Crippen molar-refractivity contribution in [2.24, 2.45) is 11.1 Å². The highest BCUT2D eigenvalue weighted by molar-refractivity contribution is 5.43. The lowest BCUT2D eigenvalue weighted by Gasteiger charge is -2.29. The first-order chi connectivity index (χ1) is 9.50. The summed E-state index contributed by atoms with van der Waals surface area (Å²) in [5.74, 6) is 1.72. The molecule has 0 aromatic heterocycles. The van der Waals surface area contributed by atoms with E-state index in [1.807, 2.05) is 6.07 Å². The van der Waals surface area contributed by atoms with E-state index < -0.39 is 0 Å². The van der Waals surface area contributed by atoms with Crippen molar-refractivity contribution in [1.82, 2.24) is 4.90 Å². The number of hydrogen-bond acceptors (Lipinski definition) is 4. The standard InChI is InChI=1S/C16H26N2O2/c1-16(2,11-17)12-18(3)10-13-5-6-14-15(9-13)20-8-4-7-19-14/h5-6,9H,4,7-8,10-12,17H2,1-3H3. The minimum Gasteiger partial charge on any atom is -0.490 e. The maximum atomic E-state index is 5.79. The molecule has 0 unspecified atom stereocenters. The Bertz CT molecular complexity index is 446. The van der Waals surface area contributed by atoms with E-state index >= 15 is 0 Å². The predicted octanol–water partition coefficient (Wildman–Crippen LogP) is 2.26. The van der Waals surface area contributed by atoms with E-state index in [0.29, 0.717) is 6.54 Å². The van der Waals surface area contributed by atoms with Gasteiger partial charge in [0, 0.05) is 19.5 Å². The Morgan fingerprint density at radius 3 is 2.60 bits per heavy atom. The van der Waals surface area contributed by atoms with Crippen molar-refractivity contribution in [3.05, 3.63) is 23.8 Å². The first-order valence-electron chi connectivity index (χ1n) is 7.27.